The summed E-state index contributed by atoms with van der Waals surface area (Å²) in [6.07, 6.45) is 4.42. The smallest absolute Gasteiger partial charge is 0.240 e. The van der Waals surface area contributed by atoms with Crippen molar-refractivity contribution in [1.82, 2.24) is 5.01 Å². The molecule has 0 N–H and O–H groups in total. The van der Waals surface area contributed by atoms with Crippen molar-refractivity contribution in [3.8, 4) is 0 Å². The van der Waals surface area contributed by atoms with Crippen LogP contribution in [-0.2, 0) is 4.79 Å². The number of amides is 1. The Bertz CT molecular complexity index is 830. The van der Waals surface area contributed by atoms with Crippen LogP contribution in [0.15, 0.2) is 59.7 Å². The Hall–Kier alpha value is -2.10. The lowest BCUT2D eigenvalue weighted by molar-refractivity contribution is -0.130. The number of hydrazone groups is 1. The number of carbonyl (C=O) groups excluding carboxylic acids is 1. The van der Waals surface area contributed by atoms with E-state index in [1.165, 1.54) is 11.9 Å². The second-order valence-corrected chi connectivity index (χ2v) is 6.37. The summed E-state index contributed by atoms with van der Waals surface area (Å²) in [7, 11) is 0. The zero-order valence-corrected chi connectivity index (χ0v) is 14.6. The standard InChI is InChI=1S/C19H16Cl2N2O/c1-13(24)23-19(16-7-3-5-9-18(16)21)12-15(22-23)11-10-14-6-2-4-8-17(14)20/h2-11,19H,12H2,1H3/b11-10+. The van der Waals surface area contributed by atoms with Crippen molar-refractivity contribution in [3.63, 3.8) is 0 Å². The van der Waals surface area contributed by atoms with E-state index in [1.807, 2.05) is 60.7 Å². The Morgan fingerprint density at radius 2 is 1.75 bits per heavy atom. The first kappa shape index (κ1) is 16.7. The molecule has 5 heteroatoms. The van der Waals surface area contributed by atoms with Gasteiger partial charge in [0.2, 0.25) is 5.91 Å². The monoisotopic (exact) mass is 358 g/mol. The van der Waals surface area contributed by atoms with E-state index in [0.29, 0.717) is 16.5 Å². The summed E-state index contributed by atoms with van der Waals surface area (Å²) in [5.74, 6) is -0.110. The quantitative estimate of drug-likeness (QED) is 0.727. The average Bonchev–Trinajstić information content (AvgIpc) is 2.99. The summed E-state index contributed by atoms with van der Waals surface area (Å²) in [4.78, 5) is 11.9. The third kappa shape index (κ3) is 3.53. The number of hydrogen-bond donors (Lipinski definition) is 0. The van der Waals surface area contributed by atoms with Gasteiger partial charge in [-0.25, -0.2) is 5.01 Å². The van der Waals surface area contributed by atoms with Gasteiger partial charge < -0.3 is 0 Å². The topological polar surface area (TPSA) is 32.7 Å². The minimum Gasteiger partial charge on any atom is -0.273 e. The second-order valence-electron chi connectivity index (χ2n) is 5.55. The summed E-state index contributed by atoms with van der Waals surface area (Å²) in [6.45, 7) is 1.51. The van der Waals surface area contributed by atoms with Crippen LogP contribution in [0.3, 0.4) is 0 Å². The molecule has 3 nitrogen and oxygen atoms in total. The van der Waals surface area contributed by atoms with E-state index in [2.05, 4.69) is 5.10 Å². The van der Waals surface area contributed by atoms with Gasteiger partial charge in [-0.05, 0) is 29.3 Å². The van der Waals surface area contributed by atoms with E-state index in [0.717, 1.165) is 16.8 Å². The highest BCUT2D eigenvalue weighted by Gasteiger charge is 2.30. The number of nitrogens with zero attached hydrogens (tertiary/aromatic N) is 2. The second kappa shape index (κ2) is 7.20. The molecule has 0 spiro atoms. The van der Waals surface area contributed by atoms with Crippen LogP contribution in [0, 0.1) is 0 Å². The normalized spacial score (nSPS) is 17.4. The molecule has 1 aliphatic rings. The van der Waals surface area contributed by atoms with E-state index in [4.69, 9.17) is 23.2 Å². The molecule has 2 aromatic carbocycles. The molecule has 3 rings (SSSR count). The predicted octanol–water partition coefficient (Wildman–Crippen LogP) is 5.36. The zero-order chi connectivity index (χ0) is 17.1. The van der Waals surface area contributed by atoms with E-state index in [9.17, 15) is 4.79 Å². The fourth-order valence-electron chi connectivity index (χ4n) is 2.71. The van der Waals surface area contributed by atoms with E-state index in [-0.39, 0.29) is 11.9 Å². The Balaban J connectivity index is 1.86. The zero-order valence-electron chi connectivity index (χ0n) is 13.1. The van der Waals surface area contributed by atoms with Crippen LogP contribution in [0.25, 0.3) is 6.08 Å². The summed E-state index contributed by atoms with van der Waals surface area (Å²) < 4.78 is 0. The fraction of sp³-hybridized carbons (Fsp3) is 0.158. The number of benzene rings is 2. The van der Waals surface area contributed by atoms with Crippen molar-refractivity contribution in [3.05, 3.63) is 75.8 Å². The largest absolute Gasteiger partial charge is 0.273 e. The minimum absolute atomic E-state index is 0.110. The molecule has 0 radical (unpaired) electrons. The van der Waals surface area contributed by atoms with Crippen molar-refractivity contribution in [2.24, 2.45) is 5.10 Å². The molecule has 0 aliphatic carbocycles. The van der Waals surface area contributed by atoms with Gasteiger partial charge >= 0.3 is 0 Å². The number of hydrogen-bond acceptors (Lipinski definition) is 2. The number of allylic oxidation sites excluding steroid dienone is 1. The van der Waals surface area contributed by atoms with Gasteiger partial charge in [-0.3, -0.25) is 4.79 Å². The van der Waals surface area contributed by atoms with Crippen LogP contribution in [0.2, 0.25) is 10.0 Å². The van der Waals surface area contributed by atoms with Crippen molar-refractivity contribution in [2.75, 3.05) is 0 Å². The maximum atomic E-state index is 11.9. The minimum atomic E-state index is -0.179. The molecule has 24 heavy (non-hydrogen) atoms. The molecular formula is C19H16Cl2N2O. The van der Waals surface area contributed by atoms with Gasteiger partial charge in [0.1, 0.15) is 0 Å². The lowest BCUT2D eigenvalue weighted by Gasteiger charge is -2.21. The average molecular weight is 359 g/mol. The van der Waals surface area contributed by atoms with Crippen molar-refractivity contribution in [1.29, 1.82) is 0 Å². The molecule has 0 bridgehead atoms. The Morgan fingerprint density at radius 1 is 1.08 bits per heavy atom. The van der Waals surface area contributed by atoms with Crippen molar-refractivity contribution >= 4 is 40.9 Å². The van der Waals surface area contributed by atoms with Gasteiger partial charge in [0.15, 0.2) is 0 Å². The van der Waals surface area contributed by atoms with Crippen LogP contribution >= 0.6 is 23.2 Å². The molecule has 1 atom stereocenters. The highest BCUT2D eigenvalue weighted by Crippen LogP contribution is 2.35. The Kier molecular flexibility index (Phi) is 5.03. The first-order chi connectivity index (χ1) is 11.6. The lowest BCUT2D eigenvalue weighted by atomic mass is 10.0. The molecular weight excluding hydrogens is 343 g/mol. The Labute approximate surface area is 151 Å². The van der Waals surface area contributed by atoms with Crippen LogP contribution in [-0.4, -0.2) is 16.6 Å². The summed E-state index contributed by atoms with van der Waals surface area (Å²) >= 11 is 12.5. The number of halogens is 2. The Morgan fingerprint density at radius 3 is 2.42 bits per heavy atom. The maximum Gasteiger partial charge on any atom is 0.240 e. The van der Waals surface area contributed by atoms with E-state index < -0.39 is 0 Å². The van der Waals surface area contributed by atoms with Crippen LogP contribution in [0.1, 0.15) is 30.5 Å². The van der Waals surface area contributed by atoms with Crippen molar-refractivity contribution < 1.29 is 4.79 Å². The third-order valence-electron chi connectivity index (χ3n) is 3.88. The molecule has 122 valence electrons. The summed E-state index contributed by atoms with van der Waals surface area (Å²) in [5.41, 5.74) is 2.63. The van der Waals surface area contributed by atoms with Crippen molar-refractivity contribution in [2.45, 2.75) is 19.4 Å². The van der Waals surface area contributed by atoms with E-state index in [1.54, 1.807) is 0 Å². The third-order valence-corrected chi connectivity index (χ3v) is 4.57. The first-order valence-corrected chi connectivity index (χ1v) is 8.36. The van der Waals surface area contributed by atoms with Gasteiger partial charge in [0, 0.05) is 23.4 Å². The lowest BCUT2D eigenvalue weighted by Crippen LogP contribution is -2.24. The highest BCUT2D eigenvalue weighted by atomic mass is 35.5. The van der Waals surface area contributed by atoms with Gasteiger partial charge in [-0.1, -0.05) is 65.7 Å². The molecule has 0 fully saturated rings. The maximum absolute atomic E-state index is 11.9. The van der Waals surface area contributed by atoms with E-state index >= 15 is 0 Å². The molecule has 0 saturated heterocycles. The van der Waals surface area contributed by atoms with Crippen LogP contribution < -0.4 is 0 Å². The molecule has 1 unspecified atom stereocenters. The van der Waals surface area contributed by atoms with Gasteiger partial charge in [0.25, 0.3) is 0 Å². The summed E-state index contributed by atoms with van der Waals surface area (Å²) in [6, 6.07) is 15.0. The molecule has 2 aromatic rings. The predicted molar refractivity (Wildman–Crippen MR) is 99.3 cm³/mol. The van der Waals surface area contributed by atoms with Gasteiger partial charge in [-0.15, -0.1) is 0 Å². The van der Waals surface area contributed by atoms with Crippen LogP contribution in [0.4, 0.5) is 0 Å². The molecule has 1 heterocycles. The molecule has 1 aliphatic heterocycles. The number of rotatable bonds is 3. The van der Waals surface area contributed by atoms with Crippen LogP contribution in [0.5, 0.6) is 0 Å². The molecule has 1 amide bonds. The van der Waals surface area contributed by atoms with Gasteiger partial charge in [0.05, 0.1) is 11.8 Å². The van der Waals surface area contributed by atoms with Gasteiger partial charge in [-0.2, -0.15) is 5.10 Å². The molecule has 0 saturated carbocycles. The highest BCUT2D eigenvalue weighted by molar-refractivity contribution is 6.32. The fourth-order valence-corrected chi connectivity index (χ4v) is 3.17. The SMILES string of the molecule is CC(=O)N1N=C(/C=C/c2ccccc2Cl)CC1c1ccccc1Cl. The number of carbonyl (C=O) groups is 1. The molecule has 0 aromatic heterocycles. The first-order valence-electron chi connectivity index (χ1n) is 7.60. The summed E-state index contributed by atoms with van der Waals surface area (Å²) in [5, 5.41) is 7.25.